The molecular formula is C13H24N2O. The van der Waals surface area contributed by atoms with Crippen LogP contribution < -0.4 is 5.32 Å². The molecule has 0 saturated heterocycles. The Morgan fingerprint density at radius 3 is 2.88 bits per heavy atom. The van der Waals surface area contributed by atoms with Crippen molar-refractivity contribution < 1.29 is 4.74 Å². The average molecular weight is 224 g/mol. The van der Waals surface area contributed by atoms with Gasteiger partial charge in [-0.3, -0.25) is 0 Å². The van der Waals surface area contributed by atoms with Crippen LogP contribution in [0, 0.1) is 17.2 Å². The van der Waals surface area contributed by atoms with E-state index in [0.717, 1.165) is 39.0 Å². The Bertz CT molecular complexity index is 212. The molecule has 3 nitrogen and oxygen atoms in total. The highest BCUT2D eigenvalue weighted by Crippen LogP contribution is 2.22. The van der Waals surface area contributed by atoms with Crippen molar-refractivity contribution in [3.05, 3.63) is 0 Å². The van der Waals surface area contributed by atoms with Crippen LogP contribution in [0.1, 0.15) is 45.4 Å². The van der Waals surface area contributed by atoms with E-state index in [1.54, 1.807) is 0 Å². The van der Waals surface area contributed by atoms with Crippen LogP contribution in [0.2, 0.25) is 0 Å². The van der Waals surface area contributed by atoms with Gasteiger partial charge in [0.2, 0.25) is 0 Å². The van der Waals surface area contributed by atoms with Crippen LogP contribution in [0.3, 0.4) is 0 Å². The van der Waals surface area contributed by atoms with Crippen LogP contribution in [0.5, 0.6) is 0 Å². The predicted molar refractivity (Wildman–Crippen MR) is 65.1 cm³/mol. The van der Waals surface area contributed by atoms with Crippen molar-refractivity contribution in [2.75, 3.05) is 19.8 Å². The zero-order valence-electron chi connectivity index (χ0n) is 10.4. The second-order valence-electron chi connectivity index (χ2n) is 4.48. The maximum atomic E-state index is 9.11. The Kier molecular flexibility index (Phi) is 7.20. The van der Waals surface area contributed by atoms with Crippen LogP contribution in [-0.4, -0.2) is 25.8 Å². The van der Waals surface area contributed by atoms with Gasteiger partial charge in [0.05, 0.1) is 12.0 Å². The quantitative estimate of drug-likeness (QED) is 0.557. The molecule has 1 N–H and O–H groups in total. The van der Waals surface area contributed by atoms with Crippen molar-refractivity contribution >= 4 is 0 Å². The van der Waals surface area contributed by atoms with E-state index in [1.165, 1.54) is 19.3 Å². The summed E-state index contributed by atoms with van der Waals surface area (Å²) in [7, 11) is 0. The zero-order chi connectivity index (χ0) is 11.6. The van der Waals surface area contributed by atoms with Crippen molar-refractivity contribution in [1.29, 1.82) is 5.26 Å². The summed E-state index contributed by atoms with van der Waals surface area (Å²) in [6, 6.07) is 2.86. The van der Waals surface area contributed by atoms with Gasteiger partial charge < -0.3 is 10.1 Å². The molecule has 1 aliphatic carbocycles. The molecule has 2 atom stereocenters. The first kappa shape index (κ1) is 13.5. The van der Waals surface area contributed by atoms with Crippen LogP contribution in [-0.2, 0) is 4.74 Å². The van der Waals surface area contributed by atoms with Crippen LogP contribution in [0.4, 0.5) is 0 Å². The van der Waals surface area contributed by atoms with Gasteiger partial charge in [0.1, 0.15) is 0 Å². The fraction of sp³-hybridized carbons (Fsp3) is 0.923. The van der Waals surface area contributed by atoms with Crippen molar-refractivity contribution in [3.63, 3.8) is 0 Å². The lowest BCUT2D eigenvalue weighted by atomic mass is 9.96. The van der Waals surface area contributed by atoms with Crippen molar-refractivity contribution in [2.24, 2.45) is 5.92 Å². The van der Waals surface area contributed by atoms with Crippen molar-refractivity contribution in [2.45, 2.75) is 51.5 Å². The summed E-state index contributed by atoms with van der Waals surface area (Å²) in [5, 5.41) is 12.6. The predicted octanol–water partition coefficient (Wildman–Crippen LogP) is 2.48. The minimum absolute atomic E-state index is 0.217. The van der Waals surface area contributed by atoms with Crippen LogP contribution in [0.25, 0.3) is 0 Å². The lowest BCUT2D eigenvalue weighted by Gasteiger charge is -2.20. The first-order valence-corrected chi connectivity index (χ1v) is 6.59. The summed E-state index contributed by atoms with van der Waals surface area (Å²) in [4.78, 5) is 0. The molecule has 16 heavy (non-hydrogen) atoms. The molecule has 0 aromatic carbocycles. The smallest absolute Gasteiger partial charge is 0.0672 e. The number of ether oxygens (including phenoxy) is 1. The largest absolute Gasteiger partial charge is 0.382 e. The third-order valence-corrected chi connectivity index (χ3v) is 3.26. The first-order valence-electron chi connectivity index (χ1n) is 6.59. The van der Waals surface area contributed by atoms with E-state index in [4.69, 9.17) is 10.00 Å². The first-order chi connectivity index (χ1) is 7.88. The normalized spacial score (nSPS) is 26.0. The zero-order valence-corrected chi connectivity index (χ0v) is 10.4. The molecule has 1 rings (SSSR count). The maximum absolute atomic E-state index is 9.11. The molecule has 1 aliphatic rings. The highest BCUT2D eigenvalue weighted by Gasteiger charge is 2.22. The Morgan fingerprint density at radius 1 is 1.31 bits per heavy atom. The van der Waals surface area contributed by atoms with Gasteiger partial charge >= 0.3 is 0 Å². The number of rotatable bonds is 6. The second-order valence-corrected chi connectivity index (χ2v) is 4.48. The molecule has 0 radical (unpaired) electrons. The SMILES string of the molecule is CCOCCCNC1CCCCCC1C#N. The molecule has 0 spiro atoms. The molecule has 0 bridgehead atoms. The lowest BCUT2D eigenvalue weighted by Crippen LogP contribution is -2.36. The summed E-state index contributed by atoms with van der Waals surface area (Å²) < 4.78 is 5.30. The van der Waals surface area contributed by atoms with E-state index in [-0.39, 0.29) is 5.92 Å². The fourth-order valence-electron chi connectivity index (χ4n) is 2.31. The molecule has 0 amide bonds. The monoisotopic (exact) mass is 224 g/mol. The van der Waals surface area contributed by atoms with E-state index < -0.39 is 0 Å². The number of hydrogen-bond donors (Lipinski definition) is 1. The van der Waals surface area contributed by atoms with E-state index in [2.05, 4.69) is 11.4 Å². The van der Waals surface area contributed by atoms with Gasteiger partial charge in [0, 0.05) is 19.3 Å². The molecule has 3 heteroatoms. The summed E-state index contributed by atoms with van der Waals surface area (Å²) in [6.45, 7) is 4.62. The molecule has 0 aromatic rings. The lowest BCUT2D eigenvalue weighted by molar-refractivity contribution is 0.143. The average Bonchev–Trinajstić information content (AvgIpc) is 2.53. The number of nitriles is 1. The Balaban J connectivity index is 2.19. The molecule has 1 fully saturated rings. The minimum Gasteiger partial charge on any atom is -0.382 e. The molecule has 0 aliphatic heterocycles. The summed E-state index contributed by atoms with van der Waals surface area (Å²) in [6.07, 6.45) is 7.04. The van der Waals surface area contributed by atoms with Crippen LogP contribution >= 0.6 is 0 Å². The highest BCUT2D eigenvalue weighted by molar-refractivity contribution is 4.93. The van der Waals surface area contributed by atoms with E-state index in [0.29, 0.717) is 6.04 Å². The molecule has 92 valence electrons. The van der Waals surface area contributed by atoms with E-state index in [1.807, 2.05) is 6.92 Å². The van der Waals surface area contributed by atoms with Crippen molar-refractivity contribution in [1.82, 2.24) is 5.32 Å². The van der Waals surface area contributed by atoms with Crippen molar-refractivity contribution in [3.8, 4) is 6.07 Å². The van der Waals surface area contributed by atoms with Gasteiger partial charge in [0.25, 0.3) is 0 Å². The fourth-order valence-corrected chi connectivity index (χ4v) is 2.31. The van der Waals surface area contributed by atoms with Gasteiger partial charge in [-0.05, 0) is 32.7 Å². The van der Waals surface area contributed by atoms with E-state index in [9.17, 15) is 0 Å². The number of nitrogens with one attached hydrogen (secondary N) is 1. The standard InChI is InChI=1S/C13H24N2O/c1-2-16-10-6-9-15-13-8-5-3-4-7-12(13)11-14/h12-13,15H,2-10H2,1H3. The molecule has 0 aromatic heterocycles. The van der Waals surface area contributed by atoms with Crippen LogP contribution in [0.15, 0.2) is 0 Å². The topological polar surface area (TPSA) is 45.0 Å². The summed E-state index contributed by atoms with van der Waals surface area (Å²) in [5.74, 6) is 0.217. The van der Waals surface area contributed by atoms with Gasteiger partial charge in [0.15, 0.2) is 0 Å². The van der Waals surface area contributed by atoms with Gasteiger partial charge in [-0.2, -0.15) is 5.26 Å². The third kappa shape index (κ3) is 4.96. The molecule has 1 saturated carbocycles. The molecular weight excluding hydrogens is 200 g/mol. The summed E-state index contributed by atoms with van der Waals surface area (Å²) >= 11 is 0. The Morgan fingerprint density at radius 2 is 2.12 bits per heavy atom. The molecule has 2 unspecified atom stereocenters. The second kappa shape index (κ2) is 8.55. The maximum Gasteiger partial charge on any atom is 0.0672 e. The number of nitrogens with zero attached hydrogens (tertiary/aromatic N) is 1. The summed E-state index contributed by atoms with van der Waals surface area (Å²) in [5.41, 5.74) is 0. The van der Waals surface area contributed by atoms with Gasteiger partial charge in [-0.15, -0.1) is 0 Å². The third-order valence-electron chi connectivity index (χ3n) is 3.26. The number of hydrogen-bond acceptors (Lipinski definition) is 3. The van der Waals surface area contributed by atoms with E-state index >= 15 is 0 Å². The Hall–Kier alpha value is -0.590. The molecule has 0 heterocycles. The van der Waals surface area contributed by atoms with Gasteiger partial charge in [-0.1, -0.05) is 19.3 Å². The highest BCUT2D eigenvalue weighted by atomic mass is 16.5. The van der Waals surface area contributed by atoms with Gasteiger partial charge in [-0.25, -0.2) is 0 Å². The Labute approximate surface area is 99.2 Å². The minimum atomic E-state index is 0.217.